The fourth-order valence-corrected chi connectivity index (χ4v) is 1.70. The maximum absolute atomic E-state index is 12.3. The Labute approximate surface area is 123 Å². The normalized spacial score (nSPS) is 13.0. The average Bonchev–Trinajstić information content (AvgIpc) is 2.81. The Morgan fingerprint density at radius 3 is 2.57 bits per heavy atom. The molecular weight excluding hydrogens is 276 g/mol. The van der Waals surface area contributed by atoms with E-state index in [0.29, 0.717) is 0 Å². The Balaban J connectivity index is 3.04. The van der Waals surface area contributed by atoms with Crippen molar-refractivity contribution in [2.45, 2.75) is 52.3 Å². The molecule has 1 amide bonds. The maximum atomic E-state index is 12.3. The van der Waals surface area contributed by atoms with E-state index in [2.05, 4.69) is 15.6 Å². The van der Waals surface area contributed by atoms with Gasteiger partial charge in [0.05, 0.1) is 6.61 Å². The highest BCUT2D eigenvalue weighted by Crippen LogP contribution is 2.16. The molecule has 1 heterocycles. The number of methoxy groups -OCH3 is 1. The summed E-state index contributed by atoms with van der Waals surface area (Å²) in [4.78, 5) is 23.4. The first kappa shape index (κ1) is 17.1. The highest BCUT2D eigenvalue weighted by atomic mass is 16.5. The lowest BCUT2D eigenvalue weighted by Gasteiger charge is -2.26. The molecule has 8 heteroatoms. The molecule has 1 unspecified atom stereocenters. The molecule has 0 aliphatic carbocycles. The van der Waals surface area contributed by atoms with Gasteiger partial charge in [0.15, 0.2) is 5.69 Å². The van der Waals surface area contributed by atoms with E-state index >= 15 is 0 Å². The van der Waals surface area contributed by atoms with E-state index in [1.165, 1.54) is 11.8 Å². The van der Waals surface area contributed by atoms with Crippen LogP contribution in [0, 0.1) is 0 Å². The van der Waals surface area contributed by atoms with E-state index in [4.69, 9.17) is 9.84 Å². The molecule has 0 aliphatic heterocycles. The van der Waals surface area contributed by atoms with Gasteiger partial charge >= 0.3 is 5.97 Å². The Morgan fingerprint density at radius 1 is 1.48 bits per heavy atom. The van der Waals surface area contributed by atoms with Gasteiger partial charge in [0.2, 0.25) is 5.91 Å². The van der Waals surface area contributed by atoms with Crippen molar-refractivity contribution in [2.24, 2.45) is 0 Å². The number of carboxylic acid groups (broad SMARTS) is 1. The fourth-order valence-electron chi connectivity index (χ4n) is 1.70. The molecule has 8 nitrogen and oxygen atoms in total. The van der Waals surface area contributed by atoms with Gasteiger partial charge in [-0.1, -0.05) is 12.1 Å². The van der Waals surface area contributed by atoms with Gasteiger partial charge in [-0.3, -0.25) is 4.79 Å². The highest BCUT2D eigenvalue weighted by molar-refractivity contribution is 5.87. The van der Waals surface area contributed by atoms with Crippen LogP contribution in [0.3, 0.4) is 0 Å². The van der Waals surface area contributed by atoms with Crippen molar-refractivity contribution in [2.75, 3.05) is 7.11 Å². The summed E-state index contributed by atoms with van der Waals surface area (Å²) in [5.74, 6) is -1.45. The first-order chi connectivity index (χ1) is 9.73. The number of hydrogen-bond acceptors (Lipinski definition) is 5. The number of carbonyl (C=O) groups excluding carboxylic acids is 1. The van der Waals surface area contributed by atoms with Crippen molar-refractivity contribution < 1.29 is 19.4 Å². The van der Waals surface area contributed by atoms with Crippen LogP contribution in [0.25, 0.3) is 0 Å². The zero-order chi connectivity index (χ0) is 16.2. The molecule has 0 fully saturated rings. The van der Waals surface area contributed by atoms with Crippen LogP contribution in [0.2, 0.25) is 0 Å². The van der Waals surface area contributed by atoms with Crippen LogP contribution in [0.1, 0.15) is 56.3 Å². The van der Waals surface area contributed by atoms with Crippen LogP contribution >= 0.6 is 0 Å². The molecule has 1 aromatic heterocycles. The molecule has 2 N–H and O–H groups in total. The van der Waals surface area contributed by atoms with E-state index in [9.17, 15) is 9.59 Å². The zero-order valence-corrected chi connectivity index (χ0v) is 13.0. The summed E-state index contributed by atoms with van der Waals surface area (Å²) in [5, 5.41) is 19.4. The number of carboxylic acids is 1. The number of amides is 1. The van der Waals surface area contributed by atoms with Gasteiger partial charge in [-0.2, -0.15) is 0 Å². The molecule has 118 valence electrons. The number of aromatic nitrogens is 3. The first-order valence-corrected chi connectivity index (χ1v) is 6.71. The molecule has 1 aromatic rings. The molecule has 1 rings (SSSR count). The van der Waals surface area contributed by atoms with Crippen LogP contribution in [-0.4, -0.2) is 44.6 Å². The van der Waals surface area contributed by atoms with Crippen molar-refractivity contribution in [3.8, 4) is 0 Å². The third-order valence-electron chi connectivity index (χ3n) is 3.37. The third-order valence-corrected chi connectivity index (χ3v) is 3.37. The summed E-state index contributed by atoms with van der Waals surface area (Å²) in [6.45, 7) is 7.46. The third kappa shape index (κ3) is 4.01. The van der Waals surface area contributed by atoms with Crippen LogP contribution < -0.4 is 5.32 Å². The van der Waals surface area contributed by atoms with Crippen LogP contribution in [0.15, 0.2) is 0 Å². The Morgan fingerprint density at radius 2 is 2.10 bits per heavy atom. The van der Waals surface area contributed by atoms with E-state index in [1.54, 1.807) is 6.92 Å². The number of ether oxygens (including phenoxy) is 1. The van der Waals surface area contributed by atoms with E-state index in [0.717, 1.165) is 6.42 Å². The number of carbonyl (C=O) groups is 2. The minimum absolute atomic E-state index is 0.0173. The van der Waals surface area contributed by atoms with Gasteiger partial charge in [0, 0.05) is 12.6 Å². The number of nitrogens with zero attached hydrogens (tertiary/aromatic N) is 3. The quantitative estimate of drug-likeness (QED) is 0.777. The average molecular weight is 298 g/mol. The molecule has 0 aliphatic rings. The van der Waals surface area contributed by atoms with Gasteiger partial charge in [-0.25, -0.2) is 9.48 Å². The summed E-state index contributed by atoms with van der Waals surface area (Å²) in [6, 6.07) is -0.679. The maximum Gasteiger partial charge on any atom is 0.358 e. The molecular formula is C13H22N4O4. The predicted octanol–water partition coefficient (Wildman–Crippen LogP) is 0.988. The van der Waals surface area contributed by atoms with Crippen LogP contribution in [-0.2, 0) is 16.1 Å². The lowest BCUT2D eigenvalue weighted by Crippen LogP contribution is -2.46. The molecule has 0 saturated heterocycles. The Hall–Kier alpha value is -1.96. The predicted molar refractivity (Wildman–Crippen MR) is 74.9 cm³/mol. The summed E-state index contributed by atoms with van der Waals surface area (Å²) in [5.41, 5.74) is -0.281. The number of nitrogens with one attached hydrogen (secondary N) is 1. The highest BCUT2D eigenvalue weighted by Gasteiger charge is 2.28. The van der Waals surface area contributed by atoms with E-state index in [-0.39, 0.29) is 29.4 Å². The second-order valence-electron chi connectivity index (χ2n) is 5.47. The monoisotopic (exact) mass is 298 g/mol. The first-order valence-electron chi connectivity index (χ1n) is 6.71. The molecule has 1 atom stereocenters. The van der Waals surface area contributed by atoms with E-state index in [1.807, 2.05) is 20.8 Å². The minimum atomic E-state index is -1.20. The summed E-state index contributed by atoms with van der Waals surface area (Å²) in [6.07, 6.45) is 0.772. The summed E-state index contributed by atoms with van der Waals surface area (Å²) in [7, 11) is 1.44. The number of hydrogen-bond donors (Lipinski definition) is 2. The fraction of sp³-hybridized carbons (Fsp3) is 0.692. The molecule has 0 radical (unpaired) electrons. The lowest BCUT2D eigenvalue weighted by atomic mass is 10.0. The molecule has 0 bridgehead atoms. The number of rotatable bonds is 7. The van der Waals surface area contributed by atoms with Crippen molar-refractivity contribution in [1.82, 2.24) is 20.3 Å². The molecule has 21 heavy (non-hydrogen) atoms. The Kier molecular flexibility index (Phi) is 5.42. The van der Waals surface area contributed by atoms with Crippen molar-refractivity contribution in [1.29, 1.82) is 0 Å². The summed E-state index contributed by atoms with van der Waals surface area (Å²) >= 11 is 0. The van der Waals surface area contributed by atoms with Gasteiger partial charge in [0.1, 0.15) is 11.7 Å². The van der Waals surface area contributed by atoms with Crippen LogP contribution in [0.4, 0.5) is 0 Å². The van der Waals surface area contributed by atoms with Gasteiger partial charge < -0.3 is 15.2 Å². The minimum Gasteiger partial charge on any atom is -0.476 e. The standard InChI is InChI=1S/C13H22N4O4/c1-6-13(3,4)14-11(18)8(2)17-9(7-21-5)10(12(19)20)15-16-17/h8H,6-7H2,1-5H3,(H,14,18)(H,19,20). The zero-order valence-electron chi connectivity index (χ0n) is 13.0. The van der Waals surface area contributed by atoms with Gasteiger partial charge in [0.25, 0.3) is 0 Å². The molecule has 0 aromatic carbocycles. The molecule has 0 spiro atoms. The smallest absolute Gasteiger partial charge is 0.358 e. The lowest BCUT2D eigenvalue weighted by molar-refractivity contribution is -0.125. The van der Waals surface area contributed by atoms with Crippen molar-refractivity contribution >= 4 is 11.9 Å². The van der Waals surface area contributed by atoms with Crippen molar-refractivity contribution in [3.05, 3.63) is 11.4 Å². The number of aromatic carboxylic acids is 1. The van der Waals surface area contributed by atoms with E-state index < -0.39 is 12.0 Å². The van der Waals surface area contributed by atoms with Crippen molar-refractivity contribution in [3.63, 3.8) is 0 Å². The Bertz CT molecular complexity index is 524. The topological polar surface area (TPSA) is 106 Å². The second-order valence-corrected chi connectivity index (χ2v) is 5.47. The molecule has 0 saturated carbocycles. The van der Waals surface area contributed by atoms with Gasteiger partial charge in [-0.05, 0) is 27.2 Å². The summed E-state index contributed by atoms with van der Waals surface area (Å²) < 4.78 is 6.26. The second kappa shape index (κ2) is 6.66. The SMILES string of the molecule is CCC(C)(C)NC(=O)C(C)n1nnc(C(=O)O)c1COC. The van der Waals surface area contributed by atoms with Gasteiger partial charge in [-0.15, -0.1) is 5.10 Å². The largest absolute Gasteiger partial charge is 0.476 e. The van der Waals surface area contributed by atoms with Crippen LogP contribution in [0.5, 0.6) is 0 Å².